The van der Waals surface area contributed by atoms with Crippen molar-refractivity contribution in [2.75, 3.05) is 44.2 Å². The first-order valence-corrected chi connectivity index (χ1v) is 16.6. The van der Waals surface area contributed by atoms with Gasteiger partial charge in [0.25, 0.3) is 5.91 Å². The van der Waals surface area contributed by atoms with Crippen LogP contribution in [0.3, 0.4) is 0 Å². The quantitative estimate of drug-likeness (QED) is 0.236. The van der Waals surface area contributed by atoms with Gasteiger partial charge in [-0.25, -0.2) is 0 Å². The van der Waals surface area contributed by atoms with Crippen LogP contribution in [0.5, 0.6) is 5.75 Å². The van der Waals surface area contributed by atoms with Crippen molar-refractivity contribution in [3.05, 3.63) is 102 Å². The van der Waals surface area contributed by atoms with Crippen molar-refractivity contribution in [1.29, 1.82) is 0 Å². The van der Waals surface area contributed by atoms with Crippen molar-refractivity contribution in [2.45, 2.75) is 44.4 Å². The first-order chi connectivity index (χ1) is 22.6. The number of hydrogen-bond donors (Lipinski definition) is 2. The standard InChI is InChI=1S/C37H42N6O3.ClH/c44-36(43(32-15-16-32)25-27-11-13-28(14-12-27)31-23-39-40-24-31)30-8-5-19-42(26-30)33-9-4-10-34(22-33)46-35(29-6-2-1-3-7-29)37(45)41-20-17-38-18-21-41;/h1-4,6-7,9-14,22-24,30,32,35,38H,5,8,15-21,25-26H2,(H,39,40);1H/t30-,35?;/m1./s1. The largest absolute Gasteiger partial charge is 0.476 e. The van der Waals surface area contributed by atoms with Crippen LogP contribution in [0, 0.1) is 5.92 Å². The van der Waals surface area contributed by atoms with Gasteiger partial charge in [0, 0.05) is 80.9 Å². The first kappa shape index (κ1) is 32.6. The highest BCUT2D eigenvalue weighted by atomic mass is 35.5. The highest BCUT2D eigenvalue weighted by molar-refractivity contribution is 5.85. The minimum Gasteiger partial charge on any atom is -0.476 e. The van der Waals surface area contributed by atoms with Gasteiger partial charge in [-0.3, -0.25) is 14.7 Å². The fourth-order valence-corrected chi connectivity index (χ4v) is 6.66. The Morgan fingerprint density at radius 1 is 0.915 bits per heavy atom. The minimum absolute atomic E-state index is 0. The molecule has 0 bridgehead atoms. The Bertz CT molecular complexity index is 1610. The number of hydrogen-bond acceptors (Lipinski definition) is 6. The van der Waals surface area contributed by atoms with Crippen molar-refractivity contribution in [1.82, 2.24) is 25.3 Å². The van der Waals surface area contributed by atoms with Gasteiger partial charge in [0.15, 0.2) is 0 Å². The number of nitrogens with zero attached hydrogens (tertiary/aromatic N) is 4. The topological polar surface area (TPSA) is 93.8 Å². The molecule has 3 aromatic carbocycles. The van der Waals surface area contributed by atoms with Gasteiger partial charge in [-0.2, -0.15) is 5.10 Å². The Labute approximate surface area is 282 Å². The van der Waals surface area contributed by atoms with Gasteiger partial charge in [0.05, 0.1) is 12.1 Å². The summed E-state index contributed by atoms with van der Waals surface area (Å²) in [6.07, 6.45) is 6.98. The van der Waals surface area contributed by atoms with Crippen molar-refractivity contribution in [3.63, 3.8) is 0 Å². The van der Waals surface area contributed by atoms with Gasteiger partial charge in [0.2, 0.25) is 12.0 Å². The van der Waals surface area contributed by atoms with Crippen molar-refractivity contribution < 1.29 is 14.3 Å². The summed E-state index contributed by atoms with van der Waals surface area (Å²) in [6.45, 7) is 5.10. The second-order valence-corrected chi connectivity index (χ2v) is 12.6. The molecule has 2 amide bonds. The molecule has 10 heteroatoms. The lowest BCUT2D eigenvalue weighted by molar-refractivity contribution is -0.139. The van der Waals surface area contributed by atoms with E-state index in [1.807, 2.05) is 65.8 Å². The number of carbonyl (C=O) groups excluding carboxylic acids is 2. The van der Waals surface area contributed by atoms with E-state index in [0.717, 1.165) is 73.3 Å². The van der Waals surface area contributed by atoms with Crippen LogP contribution in [-0.2, 0) is 16.1 Å². The van der Waals surface area contributed by atoms with Crippen molar-refractivity contribution in [2.24, 2.45) is 5.92 Å². The number of aromatic nitrogens is 2. The molecule has 0 spiro atoms. The number of piperazine rings is 1. The Morgan fingerprint density at radius 3 is 2.43 bits per heavy atom. The molecule has 1 unspecified atom stereocenters. The molecule has 1 aliphatic carbocycles. The van der Waals surface area contributed by atoms with Gasteiger partial charge in [0.1, 0.15) is 5.75 Å². The SMILES string of the molecule is Cl.O=C(C(Oc1cccc(N2CCC[C@@H](C(=O)N(Cc3ccc(-c4cn[nH]c4)cc3)C3CC3)C2)c1)c1ccccc1)N1CCNCC1. The van der Waals surface area contributed by atoms with Crippen LogP contribution in [0.15, 0.2) is 91.3 Å². The number of piperidine rings is 1. The fourth-order valence-electron chi connectivity index (χ4n) is 6.66. The molecule has 246 valence electrons. The van der Waals surface area contributed by atoms with Crippen LogP contribution >= 0.6 is 12.4 Å². The monoisotopic (exact) mass is 654 g/mol. The molecule has 2 N–H and O–H groups in total. The number of nitrogens with one attached hydrogen (secondary N) is 2. The highest BCUT2D eigenvalue weighted by Crippen LogP contribution is 2.34. The molecule has 2 atom stereocenters. The molecule has 4 aromatic rings. The van der Waals surface area contributed by atoms with E-state index in [1.54, 1.807) is 0 Å². The third-order valence-electron chi connectivity index (χ3n) is 9.37. The zero-order valence-electron chi connectivity index (χ0n) is 26.6. The van der Waals surface area contributed by atoms with E-state index in [2.05, 4.69) is 55.6 Å². The minimum atomic E-state index is -0.717. The smallest absolute Gasteiger partial charge is 0.268 e. The molecule has 7 rings (SSSR count). The molecule has 9 nitrogen and oxygen atoms in total. The van der Waals surface area contributed by atoms with E-state index >= 15 is 0 Å². The summed E-state index contributed by atoms with van der Waals surface area (Å²) in [6, 6.07) is 26.5. The van der Waals surface area contributed by atoms with Crippen LogP contribution in [0.2, 0.25) is 0 Å². The fraction of sp³-hybridized carbons (Fsp3) is 0.378. The van der Waals surface area contributed by atoms with E-state index < -0.39 is 6.10 Å². The van der Waals surface area contributed by atoms with Crippen LogP contribution in [0.25, 0.3) is 11.1 Å². The summed E-state index contributed by atoms with van der Waals surface area (Å²) in [5, 5.41) is 10.2. The Morgan fingerprint density at radius 2 is 1.70 bits per heavy atom. The summed E-state index contributed by atoms with van der Waals surface area (Å²) in [5.41, 5.74) is 5.17. The van der Waals surface area contributed by atoms with Gasteiger partial charge >= 0.3 is 0 Å². The molecule has 2 saturated heterocycles. The summed E-state index contributed by atoms with van der Waals surface area (Å²) < 4.78 is 6.48. The maximum atomic E-state index is 14.0. The molecule has 3 fully saturated rings. The highest BCUT2D eigenvalue weighted by Gasteiger charge is 2.37. The third kappa shape index (κ3) is 7.80. The molecule has 3 aliphatic rings. The molecule has 3 heterocycles. The number of amides is 2. The van der Waals surface area contributed by atoms with Gasteiger partial charge < -0.3 is 24.8 Å². The first-order valence-electron chi connectivity index (χ1n) is 16.6. The lowest BCUT2D eigenvalue weighted by Gasteiger charge is -2.36. The average Bonchev–Trinajstić information content (AvgIpc) is 3.82. The molecular weight excluding hydrogens is 612 g/mol. The summed E-state index contributed by atoms with van der Waals surface area (Å²) in [5.74, 6) is 0.833. The van der Waals surface area contributed by atoms with Crippen LogP contribution < -0.4 is 15.0 Å². The van der Waals surface area contributed by atoms with E-state index in [-0.39, 0.29) is 30.1 Å². The number of halogens is 1. The zero-order valence-corrected chi connectivity index (χ0v) is 27.4. The third-order valence-corrected chi connectivity index (χ3v) is 9.37. The number of rotatable bonds is 10. The molecule has 2 aliphatic heterocycles. The number of benzene rings is 3. The average molecular weight is 655 g/mol. The Hall–Kier alpha value is -4.34. The van der Waals surface area contributed by atoms with Crippen LogP contribution in [-0.4, -0.2) is 77.1 Å². The number of ether oxygens (including phenoxy) is 1. The molecule has 0 radical (unpaired) electrons. The molecule has 47 heavy (non-hydrogen) atoms. The van der Waals surface area contributed by atoms with Crippen LogP contribution in [0.1, 0.15) is 42.9 Å². The second-order valence-electron chi connectivity index (χ2n) is 12.6. The van der Waals surface area contributed by atoms with E-state index in [9.17, 15) is 9.59 Å². The van der Waals surface area contributed by atoms with Crippen LogP contribution in [0.4, 0.5) is 5.69 Å². The molecule has 1 saturated carbocycles. The van der Waals surface area contributed by atoms with E-state index in [0.29, 0.717) is 38.0 Å². The zero-order chi connectivity index (χ0) is 31.3. The van der Waals surface area contributed by atoms with E-state index in [1.165, 1.54) is 0 Å². The lowest BCUT2D eigenvalue weighted by atomic mass is 9.95. The normalized spacial score (nSPS) is 18.6. The number of aromatic amines is 1. The Kier molecular flexibility index (Phi) is 10.4. The second kappa shape index (κ2) is 15.0. The predicted octanol–water partition coefficient (Wildman–Crippen LogP) is 5.46. The van der Waals surface area contributed by atoms with Crippen molar-refractivity contribution >= 4 is 29.9 Å². The van der Waals surface area contributed by atoms with E-state index in [4.69, 9.17) is 4.74 Å². The van der Waals surface area contributed by atoms with Gasteiger partial charge in [-0.15, -0.1) is 12.4 Å². The summed E-state index contributed by atoms with van der Waals surface area (Å²) >= 11 is 0. The van der Waals surface area contributed by atoms with Crippen molar-refractivity contribution in [3.8, 4) is 16.9 Å². The summed E-state index contributed by atoms with van der Waals surface area (Å²) in [4.78, 5) is 34.0. The predicted molar refractivity (Wildman–Crippen MR) is 185 cm³/mol. The van der Waals surface area contributed by atoms with Gasteiger partial charge in [-0.05, 0) is 48.9 Å². The molecular formula is C37H43ClN6O3. The maximum Gasteiger partial charge on any atom is 0.268 e. The number of H-pyrrole nitrogens is 1. The number of carbonyl (C=O) groups is 2. The number of anilines is 1. The maximum absolute atomic E-state index is 14.0. The van der Waals surface area contributed by atoms with Gasteiger partial charge in [-0.1, -0.05) is 60.7 Å². The molecule has 1 aromatic heterocycles. The summed E-state index contributed by atoms with van der Waals surface area (Å²) in [7, 11) is 0. The lowest BCUT2D eigenvalue weighted by Crippen LogP contribution is -2.48. The Balaban J connectivity index is 0.00000386.